The van der Waals surface area contributed by atoms with Crippen molar-refractivity contribution in [1.82, 2.24) is 9.55 Å². The van der Waals surface area contributed by atoms with Gasteiger partial charge in [-0.15, -0.1) is 0 Å². The van der Waals surface area contributed by atoms with Crippen LogP contribution in [-0.2, 0) is 13.2 Å². The van der Waals surface area contributed by atoms with E-state index in [1.165, 1.54) is 0 Å². The van der Waals surface area contributed by atoms with Gasteiger partial charge in [-0.3, -0.25) is 9.36 Å². The average Bonchev–Trinajstić information content (AvgIpc) is 2.80. The SMILES string of the molecule is CC.CC.Cc1c(OCc2ccccc2)nc(C(=O)O)n(Cc2ccccc2)c1=O. The topological polar surface area (TPSA) is 81.4 Å². The first-order valence-corrected chi connectivity index (χ1v) is 10.1. The lowest BCUT2D eigenvalue weighted by Crippen LogP contribution is -2.30. The first-order valence-electron chi connectivity index (χ1n) is 10.1. The fraction of sp³-hybridized carbons (Fsp3) is 0.292. The van der Waals surface area contributed by atoms with Gasteiger partial charge in [-0.25, -0.2) is 4.79 Å². The predicted molar refractivity (Wildman–Crippen MR) is 119 cm³/mol. The molecule has 0 atom stereocenters. The molecule has 1 N–H and O–H groups in total. The van der Waals surface area contributed by atoms with Gasteiger partial charge in [-0.2, -0.15) is 4.98 Å². The smallest absolute Gasteiger partial charge is 0.372 e. The third kappa shape index (κ3) is 6.58. The number of ether oxygens (including phenoxy) is 1. The van der Waals surface area contributed by atoms with Gasteiger partial charge in [0.05, 0.1) is 12.1 Å². The fourth-order valence-corrected chi connectivity index (χ4v) is 2.57. The Labute approximate surface area is 177 Å². The van der Waals surface area contributed by atoms with Crippen LogP contribution >= 0.6 is 0 Å². The molecule has 3 rings (SSSR count). The molecule has 160 valence electrons. The number of benzene rings is 2. The molecule has 0 spiro atoms. The van der Waals surface area contributed by atoms with E-state index in [9.17, 15) is 14.7 Å². The second kappa shape index (κ2) is 12.9. The van der Waals surface area contributed by atoms with Gasteiger partial charge in [0.25, 0.3) is 5.56 Å². The van der Waals surface area contributed by atoms with Crippen molar-refractivity contribution in [2.24, 2.45) is 0 Å². The molecule has 0 fully saturated rings. The lowest BCUT2D eigenvalue weighted by Gasteiger charge is -2.14. The van der Waals surface area contributed by atoms with E-state index >= 15 is 0 Å². The maximum absolute atomic E-state index is 12.7. The zero-order valence-corrected chi connectivity index (χ0v) is 18.3. The molecule has 0 bridgehead atoms. The minimum absolute atomic E-state index is 0.0422. The molecule has 1 aromatic heterocycles. The molecule has 6 heteroatoms. The minimum Gasteiger partial charge on any atom is -0.475 e. The third-order valence-corrected chi connectivity index (χ3v) is 3.94. The van der Waals surface area contributed by atoms with Crippen molar-refractivity contribution < 1.29 is 14.6 Å². The summed E-state index contributed by atoms with van der Waals surface area (Å²) in [6.45, 7) is 9.92. The van der Waals surface area contributed by atoms with Gasteiger partial charge in [-0.1, -0.05) is 88.4 Å². The van der Waals surface area contributed by atoms with Crippen LogP contribution in [0.5, 0.6) is 5.88 Å². The standard InChI is InChI=1S/C20H18N2O4.2C2H6/c1-14-18(26-13-16-10-6-3-7-11-16)21-17(20(24)25)22(19(14)23)12-15-8-4-2-5-9-15;2*1-2/h2-11H,12-13H2,1H3,(H,24,25);2*1-2H3. The Hall–Kier alpha value is -3.41. The minimum atomic E-state index is -1.28. The lowest BCUT2D eigenvalue weighted by atomic mass is 10.2. The average molecular weight is 411 g/mol. The normalized spacial score (nSPS) is 9.50. The summed E-state index contributed by atoms with van der Waals surface area (Å²) in [5, 5.41) is 9.49. The van der Waals surface area contributed by atoms with Crippen molar-refractivity contribution in [3.63, 3.8) is 0 Å². The van der Waals surface area contributed by atoms with Crippen LogP contribution in [0.4, 0.5) is 0 Å². The number of carboxylic acids is 1. The molecule has 0 aliphatic carbocycles. The van der Waals surface area contributed by atoms with E-state index in [0.717, 1.165) is 15.7 Å². The summed E-state index contributed by atoms with van der Waals surface area (Å²) in [6, 6.07) is 18.6. The van der Waals surface area contributed by atoms with Crippen LogP contribution in [0.2, 0.25) is 0 Å². The van der Waals surface area contributed by atoms with Crippen molar-refractivity contribution in [2.45, 2.75) is 47.8 Å². The van der Waals surface area contributed by atoms with Crippen molar-refractivity contribution in [3.8, 4) is 5.88 Å². The third-order valence-electron chi connectivity index (χ3n) is 3.94. The van der Waals surface area contributed by atoms with E-state index in [1.54, 1.807) is 6.92 Å². The number of rotatable bonds is 6. The summed E-state index contributed by atoms with van der Waals surface area (Å²) < 4.78 is 6.77. The predicted octanol–water partition coefficient (Wildman–Crippen LogP) is 4.93. The number of nitrogens with zero attached hydrogens (tertiary/aromatic N) is 2. The Morgan fingerprint density at radius 2 is 1.43 bits per heavy atom. The molecule has 1 heterocycles. The molecule has 0 saturated heterocycles. The van der Waals surface area contributed by atoms with Crippen LogP contribution in [-0.4, -0.2) is 20.6 Å². The molecule has 2 aromatic carbocycles. The first-order chi connectivity index (χ1) is 14.6. The molecule has 0 radical (unpaired) electrons. The Morgan fingerprint density at radius 3 is 1.93 bits per heavy atom. The van der Waals surface area contributed by atoms with Crippen LogP contribution in [0.1, 0.15) is 55.0 Å². The molecule has 3 aromatic rings. The second-order valence-corrected chi connectivity index (χ2v) is 5.82. The highest BCUT2D eigenvalue weighted by Crippen LogP contribution is 2.15. The molecule has 0 amide bonds. The molecule has 30 heavy (non-hydrogen) atoms. The molecule has 0 unspecified atom stereocenters. The van der Waals surface area contributed by atoms with E-state index in [4.69, 9.17) is 4.74 Å². The Morgan fingerprint density at radius 1 is 0.933 bits per heavy atom. The maximum atomic E-state index is 12.7. The summed E-state index contributed by atoms with van der Waals surface area (Å²) >= 11 is 0. The van der Waals surface area contributed by atoms with Crippen LogP contribution in [0.15, 0.2) is 65.5 Å². The number of aromatic carboxylic acids is 1. The Balaban J connectivity index is 0.00000106. The van der Waals surface area contributed by atoms with Gasteiger partial charge >= 0.3 is 5.97 Å². The molecular weight excluding hydrogens is 380 g/mol. The fourth-order valence-electron chi connectivity index (χ4n) is 2.57. The van der Waals surface area contributed by atoms with E-state index in [-0.39, 0.29) is 30.4 Å². The number of hydrogen-bond acceptors (Lipinski definition) is 4. The highest BCUT2D eigenvalue weighted by Gasteiger charge is 2.19. The van der Waals surface area contributed by atoms with Crippen LogP contribution in [0.3, 0.4) is 0 Å². The van der Waals surface area contributed by atoms with Crippen molar-refractivity contribution in [3.05, 3.63) is 93.5 Å². The number of carboxylic acid groups (broad SMARTS) is 1. The number of aromatic nitrogens is 2. The Kier molecular flexibility index (Phi) is 10.6. The summed E-state index contributed by atoms with van der Waals surface area (Å²) in [5.41, 5.74) is 1.57. The van der Waals surface area contributed by atoms with Crippen molar-refractivity contribution in [1.29, 1.82) is 0 Å². The van der Waals surface area contributed by atoms with Gasteiger partial charge in [0.2, 0.25) is 11.7 Å². The van der Waals surface area contributed by atoms with Gasteiger partial charge in [-0.05, 0) is 18.1 Å². The van der Waals surface area contributed by atoms with Gasteiger partial charge in [0.1, 0.15) is 6.61 Å². The monoisotopic (exact) mass is 410 g/mol. The maximum Gasteiger partial charge on any atom is 0.372 e. The summed E-state index contributed by atoms with van der Waals surface area (Å²) in [6.07, 6.45) is 0. The zero-order chi connectivity index (χ0) is 22.5. The van der Waals surface area contributed by atoms with Crippen LogP contribution in [0, 0.1) is 6.92 Å². The van der Waals surface area contributed by atoms with Gasteiger partial charge in [0, 0.05) is 0 Å². The molecule has 0 saturated carbocycles. The summed E-state index contributed by atoms with van der Waals surface area (Å²) in [7, 11) is 0. The number of hydrogen-bond donors (Lipinski definition) is 1. The highest BCUT2D eigenvalue weighted by atomic mass is 16.5. The second-order valence-electron chi connectivity index (χ2n) is 5.82. The van der Waals surface area contributed by atoms with Crippen LogP contribution < -0.4 is 10.3 Å². The Bertz CT molecular complexity index is 968. The zero-order valence-electron chi connectivity index (χ0n) is 18.3. The lowest BCUT2D eigenvalue weighted by molar-refractivity contribution is 0.0674. The summed E-state index contributed by atoms with van der Waals surface area (Å²) in [5.74, 6) is -1.57. The quantitative estimate of drug-likeness (QED) is 0.623. The van der Waals surface area contributed by atoms with E-state index < -0.39 is 11.5 Å². The molecular formula is C24H30N2O4. The first kappa shape index (κ1) is 24.6. The van der Waals surface area contributed by atoms with Gasteiger partial charge in [0.15, 0.2) is 0 Å². The van der Waals surface area contributed by atoms with Crippen LogP contribution in [0.25, 0.3) is 0 Å². The largest absolute Gasteiger partial charge is 0.475 e. The molecule has 0 aliphatic heterocycles. The van der Waals surface area contributed by atoms with E-state index in [2.05, 4.69) is 4.98 Å². The number of carbonyl (C=O) groups is 1. The van der Waals surface area contributed by atoms with Gasteiger partial charge < -0.3 is 9.84 Å². The van der Waals surface area contributed by atoms with E-state index in [0.29, 0.717) is 0 Å². The highest BCUT2D eigenvalue weighted by molar-refractivity contribution is 5.83. The van der Waals surface area contributed by atoms with Crippen molar-refractivity contribution in [2.75, 3.05) is 0 Å². The van der Waals surface area contributed by atoms with E-state index in [1.807, 2.05) is 88.4 Å². The molecule has 6 nitrogen and oxygen atoms in total. The summed E-state index contributed by atoms with van der Waals surface area (Å²) in [4.78, 5) is 28.4. The molecule has 0 aliphatic rings. The van der Waals surface area contributed by atoms with Crippen molar-refractivity contribution >= 4 is 5.97 Å².